The van der Waals surface area contributed by atoms with Gasteiger partial charge in [-0.3, -0.25) is 0 Å². The van der Waals surface area contributed by atoms with Crippen molar-refractivity contribution in [3.05, 3.63) is 58.1 Å². The standard InChI is InChI=1S/C13H10BrF2NO/c14-9-4-2-1-3-8(9)7-18-13-6-11(16)10(15)5-12(13)17/h1-6H,7,17H2. The number of ether oxygens (including phenoxy) is 1. The lowest BCUT2D eigenvalue weighted by molar-refractivity contribution is 0.304. The number of hydrogen-bond acceptors (Lipinski definition) is 2. The molecule has 0 aromatic heterocycles. The number of nitrogen functional groups attached to an aromatic ring is 1. The molecule has 18 heavy (non-hydrogen) atoms. The van der Waals surface area contributed by atoms with Crippen LogP contribution >= 0.6 is 15.9 Å². The van der Waals surface area contributed by atoms with E-state index in [0.29, 0.717) is 0 Å². The summed E-state index contributed by atoms with van der Waals surface area (Å²) in [6.45, 7) is 0.219. The van der Waals surface area contributed by atoms with Crippen molar-refractivity contribution in [1.29, 1.82) is 0 Å². The lowest BCUT2D eigenvalue weighted by atomic mass is 10.2. The molecular formula is C13H10BrF2NO. The molecule has 0 unspecified atom stereocenters. The van der Waals surface area contributed by atoms with E-state index in [4.69, 9.17) is 10.5 Å². The Morgan fingerprint density at radius 2 is 1.78 bits per heavy atom. The van der Waals surface area contributed by atoms with Crippen LogP contribution in [0.1, 0.15) is 5.56 Å². The van der Waals surface area contributed by atoms with Crippen LogP contribution in [0.4, 0.5) is 14.5 Å². The van der Waals surface area contributed by atoms with E-state index in [9.17, 15) is 8.78 Å². The molecule has 0 aliphatic rings. The molecule has 0 amide bonds. The number of hydrogen-bond donors (Lipinski definition) is 1. The highest BCUT2D eigenvalue weighted by Crippen LogP contribution is 2.26. The summed E-state index contributed by atoms with van der Waals surface area (Å²) in [6.07, 6.45) is 0. The van der Waals surface area contributed by atoms with Gasteiger partial charge in [0, 0.05) is 22.2 Å². The van der Waals surface area contributed by atoms with Crippen molar-refractivity contribution in [1.82, 2.24) is 0 Å². The van der Waals surface area contributed by atoms with Crippen LogP contribution in [0.25, 0.3) is 0 Å². The highest BCUT2D eigenvalue weighted by Gasteiger charge is 2.09. The van der Waals surface area contributed by atoms with Gasteiger partial charge >= 0.3 is 0 Å². The Morgan fingerprint density at radius 1 is 1.11 bits per heavy atom. The lowest BCUT2D eigenvalue weighted by Crippen LogP contribution is -2.01. The molecule has 0 radical (unpaired) electrons. The Labute approximate surface area is 112 Å². The summed E-state index contributed by atoms with van der Waals surface area (Å²) in [5.41, 5.74) is 6.51. The molecule has 5 heteroatoms. The molecule has 2 N–H and O–H groups in total. The van der Waals surface area contributed by atoms with Crippen LogP contribution in [-0.2, 0) is 6.61 Å². The fourth-order valence-electron chi connectivity index (χ4n) is 1.44. The molecular weight excluding hydrogens is 304 g/mol. The van der Waals surface area contributed by atoms with Crippen LogP contribution in [0.3, 0.4) is 0 Å². The smallest absolute Gasteiger partial charge is 0.162 e. The number of nitrogens with two attached hydrogens (primary N) is 1. The summed E-state index contributed by atoms with van der Waals surface area (Å²) in [5.74, 6) is -1.84. The first-order chi connectivity index (χ1) is 8.58. The van der Waals surface area contributed by atoms with E-state index >= 15 is 0 Å². The average Bonchev–Trinajstić information content (AvgIpc) is 2.34. The summed E-state index contributed by atoms with van der Waals surface area (Å²) in [4.78, 5) is 0. The summed E-state index contributed by atoms with van der Waals surface area (Å²) < 4.78 is 32.2. The lowest BCUT2D eigenvalue weighted by Gasteiger charge is -2.10. The number of benzene rings is 2. The predicted molar refractivity (Wildman–Crippen MR) is 69.2 cm³/mol. The fraction of sp³-hybridized carbons (Fsp3) is 0.0769. The first kappa shape index (κ1) is 12.8. The molecule has 2 aromatic rings. The molecule has 0 aliphatic carbocycles. The topological polar surface area (TPSA) is 35.2 Å². The highest BCUT2D eigenvalue weighted by molar-refractivity contribution is 9.10. The predicted octanol–water partition coefficient (Wildman–Crippen LogP) is 3.89. The van der Waals surface area contributed by atoms with Crippen molar-refractivity contribution >= 4 is 21.6 Å². The molecule has 0 saturated carbocycles. The van der Waals surface area contributed by atoms with Gasteiger partial charge in [-0.25, -0.2) is 8.78 Å². The molecule has 2 nitrogen and oxygen atoms in total. The van der Waals surface area contributed by atoms with Crippen LogP contribution in [0.2, 0.25) is 0 Å². The first-order valence-corrected chi connectivity index (χ1v) is 5.98. The van der Waals surface area contributed by atoms with Gasteiger partial charge in [0.25, 0.3) is 0 Å². The highest BCUT2D eigenvalue weighted by atomic mass is 79.9. The van der Waals surface area contributed by atoms with Crippen molar-refractivity contribution in [3.8, 4) is 5.75 Å². The van der Waals surface area contributed by atoms with Gasteiger partial charge in [0.15, 0.2) is 11.6 Å². The second-order valence-electron chi connectivity index (χ2n) is 3.68. The average molecular weight is 314 g/mol. The summed E-state index contributed by atoms with van der Waals surface area (Å²) in [5, 5.41) is 0. The van der Waals surface area contributed by atoms with Crippen LogP contribution in [0, 0.1) is 11.6 Å². The van der Waals surface area contributed by atoms with E-state index in [-0.39, 0.29) is 18.0 Å². The second-order valence-corrected chi connectivity index (χ2v) is 4.54. The first-order valence-electron chi connectivity index (χ1n) is 5.18. The molecule has 94 valence electrons. The van der Waals surface area contributed by atoms with Crippen molar-refractivity contribution in [2.24, 2.45) is 0 Å². The maximum atomic E-state index is 13.0. The summed E-state index contributed by atoms with van der Waals surface area (Å²) in [6, 6.07) is 9.32. The van der Waals surface area contributed by atoms with Crippen LogP contribution in [0.5, 0.6) is 5.75 Å². The van der Waals surface area contributed by atoms with Gasteiger partial charge in [-0.15, -0.1) is 0 Å². The van der Waals surface area contributed by atoms with Gasteiger partial charge in [-0.1, -0.05) is 34.1 Å². The monoisotopic (exact) mass is 313 g/mol. The maximum Gasteiger partial charge on any atom is 0.162 e. The minimum absolute atomic E-state index is 0.0703. The van der Waals surface area contributed by atoms with Gasteiger partial charge in [-0.2, -0.15) is 0 Å². The molecule has 2 rings (SSSR count). The Balaban J connectivity index is 2.16. The maximum absolute atomic E-state index is 13.0. The molecule has 0 bridgehead atoms. The zero-order chi connectivity index (χ0) is 13.1. The fourth-order valence-corrected chi connectivity index (χ4v) is 1.84. The summed E-state index contributed by atoms with van der Waals surface area (Å²) in [7, 11) is 0. The zero-order valence-corrected chi connectivity index (χ0v) is 10.9. The van der Waals surface area contributed by atoms with Gasteiger partial charge < -0.3 is 10.5 Å². The van der Waals surface area contributed by atoms with E-state index in [2.05, 4.69) is 15.9 Å². The molecule has 0 heterocycles. The third-order valence-corrected chi connectivity index (χ3v) is 3.17. The van der Waals surface area contributed by atoms with Crippen molar-refractivity contribution in [3.63, 3.8) is 0 Å². The van der Waals surface area contributed by atoms with E-state index in [0.717, 1.165) is 22.2 Å². The van der Waals surface area contributed by atoms with Crippen molar-refractivity contribution < 1.29 is 13.5 Å². The largest absolute Gasteiger partial charge is 0.487 e. The number of halogens is 3. The normalized spacial score (nSPS) is 10.4. The second kappa shape index (κ2) is 5.35. The van der Waals surface area contributed by atoms with E-state index in [1.165, 1.54) is 0 Å². The molecule has 0 saturated heterocycles. The zero-order valence-electron chi connectivity index (χ0n) is 9.29. The minimum atomic E-state index is -0.985. The Bertz CT molecular complexity index is 575. The Hall–Kier alpha value is -1.62. The van der Waals surface area contributed by atoms with Gasteiger partial charge in [0.1, 0.15) is 12.4 Å². The van der Waals surface area contributed by atoms with Gasteiger partial charge in [-0.05, 0) is 6.07 Å². The molecule has 0 fully saturated rings. The van der Waals surface area contributed by atoms with Crippen LogP contribution < -0.4 is 10.5 Å². The van der Waals surface area contributed by atoms with E-state index < -0.39 is 11.6 Å². The third kappa shape index (κ3) is 2.79. The van der Waals surface area contributed by atoms with E-state index in [1.807, 2.05) is 24.3 Å². The molecule has 0 spiro atoms. The number of anilines is 1. The quantitative estimate of drug-likeness (QED) is 0.873. The Kier molecular flexibility index (Phi) is 3.81. The Morgan fingerprint density at radius 3 is 2.50 bits per heavy atom. The number of rotatable bonds is 3. The van der Waals surface area contributed by atoms with Crippen LogP contribution in [-0.4, -0.2) is 0 Å². The van der Waals surface area contributed by atoms with Crippen molar-refractivity contribution in [2.45, 2.75) is 6.61 Å². The molecule has 0 aliphatic heterocycles. The van der Waals surface area contributed by atoms with Crippen molar-refractivity contribution in [2.75, 3.05) is 5.73 Å². The SMILES string of the molecule is Nc1cc(F)c(F)cc1OCc1ccccc1Br. The molecule has 2 aromatic carbocycles. The van der Waals surface area contributed by atoms with Crippen LogP contribution in [0.15, 0.2) is 40.9 Å². The van der Waals surface area contributed by atoms with Gasteiger partial charge in [0.05, 0.1) is 5.69 Å². The molecule has 0 atom stereocenters. The van der Waals surface area contributed by atoms with Gasteiger partial charge in [0.2, 0.25) is 0 Å². The van der Waals surface area contributed by atoms with E-state index in [1.54, 1.807) is 0 Å². The summed E-state index contributed by atoms with van der Waals surface area (Å²) >= 11 is 3.37. The minimum Gasteiger partial charge on any atom is -0.487 e. The third-order valence-electron chi connectivity index (χ3n) is 2.39.